The number of carbonyl (C=O) groups is 3. The summed E-state index contributed by atoms with van der Waals surface area (Å²) in [5, 5.41) is 2.66. The number of halogens is 2. The third-order valence-electron chi connectivity index (χ3n) is 5.34. The molecule has 2 aliphatic heterocycles. The molecule has 2 unspecified atom stereocenters. The third kappa shape index (κ3) is 4.78. The van der Waals surface area contributed by atoms with E-state index >= 15 is 0 Å². The standard InChI is InChI=1S/C23H23FIN2O4S/c1-23(2)21(25-22(30)31-13-15-10-6-7-11-16(15)24)27-19(29)18(20(27)32-23)26-17(28)12-14-8-4-3-5-9-14/h3-11,18,20-21H,12-13H2,1-2H3,(H,26,28)/q-1/t18-,20?,21?/m1/s1. The Bertz CT molecular complexity index is 1040. The van der Waals surface area contributed by atoms with Crippen molar-refractivity contribution in [2.75, 3.05) is 0 Å². The number of β-lactam (4-membered cyclic amide) rings is 1. The predicted octanol–water partition coefficient (Wildman–Crippen LogP) is 0.299. The van der Waals surface area contributed by atoms with Gasteiger partial charge in [-0.1, -0.05) is 0 Å². The zero-order valence-corrected chi connectivity index (χ0v) is 20.6. The molecule has 2 aliphatic rings. The quantitative estimate of drug-likeness (QED) is 0.171. The summed E-state index contributed by atoms with van der Waals surface area (Å²) < 4.78 is 18.1. The van der Waals surface area contributed by atoms with Gasteiger partial charge in [0.1, 0.15) is 0 Å². The zero-order chi connectivity index (χ0) is 22.9. The molecule has 1 N–H and O–H groups in total. The van der Waals surface area contributed by atoms with E-state index in [0.29, 0.717) is 5.56 Å². The van der Waals surface area contributed by atoms with Crippen LogP contribution >= 0.6 is 11.8 Å². The Morgan fingerprint density at radius 1 is 1.16 bits per heavy atom. The summed E-state index contributed by atoms with van der Waals surface area (Å²) in [5.74, 6) is -0.779. The van der Waals surface area contributed by atoms with E-state index in [4.69, 9.17) is 4.74 Å². The van der Waals surface area contributed by atoms with Crippen molar-refractivity contribution in [2.24, 2.45) is 0 Å². The van der Waals surface area contributed by atoms with Crippen LogP contribution in [0.3, 0.4) is 0 Å². The molecule has 3 atom stereocenters. The summed E-state index contributed by atoms with van der Waals surface area (Å²) in [4.78, 5) is 39.5. The molecule has 2 aromatic rings. The molecule has 0 spiro atoms. The van der Waals surface area contributed by atoms with Gasteiger partial charge in [-0.2, -0.15) is 0 Å². The second kappa shape index (κ2) is 9.38. The first-order valence-corrected chi connectivity index (χ1v) is 13.3. The van der Waals surface area contributed by atoms with Crippen LogP contribution in [0.2, 0.25) is 0 Å². The summed E-state index contributed by atoms with van der Waals surface area (Å²) in [6.45, 7) is 3.88. The summed E-state index contributed by atoms with van der Waals surface area (Å²) in [6.07, 6.45) is 0.212. The van der Waals surface area contributed by atoms with Crippen molar-refractivity contribution in [3.05, 3.63) is 71.5 Å². The van der Waals surface area contributed by atoms with Crippen LogP contribution < -0.4 is 26.5 Å². The number of carbonyl (C=O) groups excluding carboxylic acids is 3. The van der Waals surface area contributed by atoms with Crippen molar-refractivity contribution in [3.63, 3.8) is 0 Å². The first kappa shape index (κ1) is 23.0. The van der Waals surface area contributed by atoms with Gasteiger partial charge in [0, 0.05) is 0 Å². The van der Waals surface area contributed by atoms with Crippen molar-refractivity contribution < 1.29 is 44.7 Å². The van der Waals surface area contributed by atoms with Gasteiger partial charge in [-0.3, -0.25) is 0 Å². The van der Waals surface area contributed by atoms with Crippen LogP contribution in [0.1, 0.15) is 25.0 Å². The molecule has 6 nitrogen and oxygen atoms in total. The van der Waals surface area contributed by atoms with Crippen molar-refractivity contribution >= 4 is 27.6 Å². The fraction of sp³-hybridized carbons (Fsp3) is 0.348. The Labute approximate surface area is 200 Å². The van der Waals surface area contributed by atoms with E-state index in [-0.39, 0.29) is 43.0 Å². The molecule has 0 aliphatic carbocycles. The Morgan fingerprint density at radius 3 is 2.56 bits per heavy atom. The van der Waals surface area contributed by atoms with Gasteiger partial charge in [0.25, 0.3) is 0 Å². The maximum atomic E-state index is 13.8. The second-order valence-electron chi connectivity index (χ2n) is 8.13. The minimum atomic E-state index is -1.18. The van der Waals surface area contributed by atoms with Crippen molar-refractivity contribution in [2.45, 2.75) is 47.1 Å². The van der Waals surface area contributed by atoms with E-state index in [1.165, 1.54) is 6.07 Å². The van der Waals surface area contributed by atoms with Gasteiger partial charge in [-0.15, -0.1) is 0 Å². The van der Waals surface area contributed by atoms with Crippen molar-refractivity contribution in [1.82, 2.24) is 10.2 Å². The Hall–Kier alpha value is -2.14. The zero-order valence-electron chi connectivity index (χ0n) is 17.6. The van der Waals surface area contributed by atoms with Crippen molar-refractivity contribution in [3.8, 4) is 0 Å². The Morgan fingerprint density at radius 2 is 1.84 bits per heavy atom. The van der Waals surface area contributed by atoms with Crippen molar-refractivity contribution in [1.29, 1.82) is 0 Å². The van der Waals surface area contributed by atoms with E-state index < -0.39 is 33.1 Å². The molecular formula is C23H23FIN2O4S-. The van der Waals surface area contributed by atoms with E-state index in [2.05, 4.69) is 5.32 Å². The molecule has 2 heterocycles. The topological polar surface area (TPSA) is 75.7 Å². The SMILES string of the molecule is CC1(C)SC2[C@H](NC(=O)Cc3ccccc3)C(=O)N2C1[I-]C(=O)OCc1ccccc1F. The van der Waals surface area contributed by atoms with E-state index in [1.54, 1.807) is 34.9 Å². The van der Waals surface area contributed by atoms with Crippen LogP contribution in [0.25, 0.3) is 0 Å². The minimum absolute atomic E-state index is 0.124. The van der Waals surface area contributed by atoms with E-state index in [0.717, 1.165) is 5.56 Å². The molecule has 0 saturated carbocycles. The number of amides is 2. The number of nitrogens with one attached hydrogen (secondary N) is 1. The van der Waals surface area contributed by atoms with Crippen LogP contribution in [0.5, 0.6) is 0 Å². The number of fused-ring (bicyclic) bond motifs is 1. The van der Waals surface area contributed by atoms with E-state index in [1.807, 2.05) is 44.2 Å². The monoisotopic (exact) mass is 569 g/mol. The van der Waals surface area contributed by atoms with Gasteiger partial charge in [-0.05, 0) is 0 Å². The molecule has 0 bridgehead atoms. The molecule has 2 fully saturated rings. The maximum absolute atomic E-state index is 13.8. The number of thioether (sulfide) groups is 1. The number of nitrogens with zero attached hydrogens (tertiary/aromatic N) is 1. The molecule has 170 valence electrons. The summed E-state index contributed by atoms with van der Waals surface area (Å²) in [7, 11) is 0. The van der Waals surface area contributed by atoms with E-state index in [9.17, 15) is 18.8 Å². The molecule has 2 saturated heterocycles. The molecule has 2 amide bonds. The number of rotatable bonds is 7. The fourth-order valence-corrected chi connectivity index (χ4v) is 8.70. The molecule has 9 heteroatoms. The molecule has 32 heavy (non-hydrogen) atoms. The van der Waals surface area contributed by atoms with Gasteiger partial charge in [-0.25, -0.2) is 0 Å². The Balaban J connectivity index is 1.34. The average Bonchev–Trinajstić information content (AvgIpc) is 2.99. The fourth-order valence-electron chi connectivity index (χ4n) is 3.74. The normalized spacial score (nSPS) is 23.4. The van der Waals surface area contributed by atoms with Gasteiger partial charge in [0.05, 0.1) is 0 Å². The van der Waals surface area contributed by atoms with Crippen LogP contribution in [-0.2, 0) is 27.4 Å². The first-order chi connectivity index (χ1) is 15.3. The van der Waals surface area contributed by atoms with Gasteiger partial charge < -0.3 is 0 Å². The molecular weight excluding hydrogens is 546 g/mol. The summed E-state index contributed by atoms with van der Waals surface area (Å²) >= 11 is 0.419. The molecule has 0 aromatic heterocycles. The predicted molar refractivity (Wildman–Crippen MR) is 115 cm³/mol. The molecule has 0 radical (unpaired) electrons. The summed E-state index contributed by atoms with van der Waals surface area (Å²) in [6, 6.07) is 14.9. The number of alkyl halides is 1. The number of hydrogen-bond donors (Lipinski definition) is 1. The number of ether oxygens (including phenoxy) is 1. The van der Waals surface area contributed by atoms with Crippen LogP contribution in [-0.4, -0.2) is 40.9 Å². The second-order valence-corrected chi connectivity index (χ2v) is 12.6. The third-order valence-corrected chi connectivity index (χ3v) is 10.9. The summed E-state index contributed by atoms with van der Waals surface area (Å²) in [5.41, 5.74) is 1.21. The molecule has 2 aromatic carbocycles. The van der Waals surface area contributed by atoms with Crippen LogP contribution in [0, 0.1) is 5.82 Å². The molecule has 4 rings (SSSR count). The van der Waals surface area contributed by atoms with Gasteiger partial charge in [0.15, 0.2) is 0 Å². The average molecular weight is 569 g/mol. The number of benzene rings is 2. The Kier molecular flexibility index (Phi) is 6.75. The van der Waals surface area contributed by atoms with Gasteiger partial charge in [0.2, 0.25) is 0 Å². The number of hydrogen-bond acceptors (Lipinski definition) is 5. The van der Waals surface area contributed by atoms with Crippen LogP contribution in [0.4, 0.5) is 9.18 Å². The van der Waals surface area contributed by atoms with Crippen LogP contribution in [0.15, 0.2) is 54.6 Å². The first-order valence-electron chi connectivity index (χ1n) is 10.1. The van der Waals surface area contributed by atoms with Gasteiger partial charge >= 0.3 is 201 Å².